The van der Waals surface area contributed by atoms with Gasteiger partial charge in [-0.05, 0) is 54.4 Å². The van der Waals surface area contributed by atoms with Gasteiger partial charge in [-0.25, -0.2) is 0 Å². The van der Waals surface area contributed by atoms with E-state index < -0.39 is 18.1 Å². The fraction of sp³-hybridized carbons (Fsp3) is 0.625. The molecule has 174 valence electrons. The molecule has 1 unspecified atom stereocenters. The average Bonchev–Trinajstić information content (AvgIpc) is 3.13. The van der Waals surface area contributed by atoms with Crippen LogP contribution in [0.4, 0.5) is 0 Å². The summed E-state index contributed by atoms with van der Waals surface area (Å²) in [5.41, 5.74) is 7.77. The number of hydrogen-bond donors (Lipinski definition) is 3. The van der Waals surface area contributed by atoms with Gasteiger partial charge in [0.1, 0.15) is 12.1 Å². The van der Waals surface area contributed by atoms with Crippen molar-refractivity contribution in [2.75, 3.05) is 5.75 Å². The molecule has 2 heterocycles. The fourth-order valence-corrected chi connectivity index (χ4v) is 6.98. The quantitative estimate of drug-likeness (QED) is 0.640. The monoisotopic (exact) mass is 458 g/mol. The maximum atomic E-state index is 13.7. The van der Waals surface area contributed by atoms with Crippen LogP contribution in [0.5, 0.6) is 0 Å². The first-order valence-corrected chi connectivity index (χ1v) is 12.5. The van der Waals surface area contributed by atoms with Crippen LogP contribution in [-0.4, -0.2) is 51.9 Å². The molecule has 4 N–H and O–H groups in total. The van der Waals surface area contributed by atoms with Gasteiger partial charge in [-0.1, -0.05) is 45.0 Å². The summed E-state index contributed by atoms with van der Waals surface area (Å²) < 4.78 is 0. The molecule has 0 saturated carbocycles. The molecule has 2 saturated heterocycles. The van der Waals surface area contributed by atoms with E-state index in [-0.39, 0.29) is 34.6 Å². The van der Waals surface area contributed by atoms with Gasteiger partial charge in [-0.2, -0.15) is 0 Å². The van der Waals surface area contributed by atoms with Gasteiger partial charge in [0.25, 0.3) is 0 Å². The Labute approximate surface area is 194 Å². The van der Waals surface area contributed by atoms with Crippen molar-refractivity contribution in [3.63, 3.8) is 0 Å². The SMILES string of the molecule is C[C@H](N)C(=O)N[C@H]1CCSC2CC(C)(C)[C@@H](C(=O)N[C@H]3c4ccccc4C[C@H]3C)N2C1=O. The highest BCUT2D eigenvalue weighted by Gasteiger charge is 2.54. The zero-order valence-electron chi connectivity index (χ0n) is 19.3. The lowest BCUT2D eigenvalue weighted by Gasteiger charge is -2.35. The number of carbonyl (C=O) groups is 3. The summed E-state index contributed by atoms with van der Waals surface area (Å²) in [7, 11) is 0. The average molecular weight is 459 g/mol. The molecule has 2 fully saturated rings. The van der Waals surface area contributed by atoms with Crippen LogP contribution in [-0.2, 0) is 20.8 Å². The molecule has 32 heavy (non-hydrogen) atoms. The Morgan fingerprint density at radius 1 is 1.25 bits per heavy atom. The van der Waals surface area contributed by atoms with Gasteiger partial charge in [0.15, 0.2) is 0 Å². The lowest BCUT2D eigenvalue weighted by atomic mass is 9.83. The minimum absolute atomic E-state index is 0.0585. The number of nitrogens with zero attached hydrogens (tertiary/aromatic N) is 1. The van der Waals surface area contributed by atoms with Gasteiger partial charge in [-0.15, -0.1) is 11.8 Å². The van der Waals surface area contributed by atoms with Crippen molar-refractivity contribution in [1.29, 1.82) is 0 Å². The number of thioether (sulfide) groups is 1. The minimum atomic E-state index is -0.687. The molecule has 4 rings (SSSR count). The molecule has 0 bridgehead atoms. The van der Waals surface area contributed by atoms with Crippen molar-refractivity contribution < 1.29 is 14.4 Å². The minimum Gasteiger partial charge on any atom is -0.347 e. The second kappa shape index (κ2) is 8.71. The maximum Gasteiger partial charge on any atom is 0.246 e. The summed E-state index contributed by atoms with van der Waals surface area (Å²) in [5.74, 6) is 0.402. The van der Waals surface area contributed by atoms with Crippen LogP contribution in [0.15, 0.2) is 24.3 Å². The Balaban J connectivity index is 1.58. The molecule has 2 aliphatic heterocycles. The van der Waals surface area contributed by atoms with Crippen LogP contribution in [0.3, 0.4) is 0 Å². The first kappa shape index (κ1) is 23.1. The summed E-state index contributed by atoms with van der Waals surface area (Å²) in [4.78, 5) is 41.2. The Bertz CT molecular complexity index is 918. The number of benzene rings is 1. The molecule has 0 spiro atoms. The van der Waals surface area contributed by atoms with Gasteiger partial charge < -0.3 is 21.3 Å². The Morgan fingerprint density at radius 2 is 1.97 bits per heavy atom. The summed E-state index contributed by atoms with van der Waals surface area (Å²) in [6, 6.07) is 6.26. The summed E-state index contributed by atoms with van der Waals surface area (Å²) in [6.45, 7) is 7.87. The first-order valence-electron chi connectivity index (χ1n) is 11.5. The second-order valence-corrected chi connectivity index (χ2v) is 11.5. The number of nitrogens with two attached hydrogens (primary N) is 1. The van der Waals surface area contributed by atoms with Gasteiger partial charge in [0, 0.05) is 0 Å². The normalized spacial score (nSPS) is 32.0. The molecule has 8 heteroatoms. The van der Waals surface area contributed by atoms with Crippen molar-refractivity contribution in [3.05, 3.63) is 35.4 Å². The Kier molecular flexibility index (Phi) is 6.29. The standard InChI is InChI=1S/C24H34N4O3S/c1-13-11-15-7-5-6-8-16(15)19(13)27-22(30)20-24(3,4)12-18-28(20)23(31)17(9-10-32-18)26-21(29)14(2)25/h5-8,13-14,17-20H,9-12,25H2,1-4H3,(H,26,29)(H,27,30)/t13-,14+,17+,18?,19-,20-/m1/s1. The number of carbonyl (C=O) groups excluding carboxylic acids is 3. The van der Waals surface area contributed by atoms with E-state index in [4.69, 9.17) is 5.73 Å². The van der Waals surface area contributed by atoms with E-state index in [1.165, 1.54) is 11.1 Å². The van der Waals surface area contributed by atoms with E-state index in [9.17, 15) is 14.4 Å². The highest BCUT2D eigenvalue weighted by atomic mass is 32.2. The third-order valence-corrected chi connectivity index (χ3v) is 8.33. The molecule has 6 atom stereocenters. The molecule has 1 aliphatic carbocycles. The van der Waals surface area contributed by atoms with Crippen molar-refractivity contribution in [3.8, 4) is 0 Å². The number of fused-ring (bicyclic) bond motifs is 2. The zero-order chi connectivity index (χ0) is 23.2. The second-order valence-electron chi connectivity index (χ2n) is 10.2. The molecular weight excluding hydrogens is 424 g/mol. The van der Waals surface area contributed by atoms with E-state index in [1.54, 1.807) is 23.6 Å². The molecule has 7 nitrogen and oxygen atoms in total. The van der Waals surface area contributed by atoms with E-state index >= 15 is 0 Å². The predicted molar refractivity (Wildman–Crippen MR) is 126 cm³/mol. The van der Waals surface area contributed by atoms with E-state index in [0.717, 1.165) is 18.6 Å². The predicted octanol–water partition coefficient (Wildman–Crippen LogP) is 1.96. The molecular formula is C24H34N4O3S. The molecule has 3 aliphatic rings. The zero-order valence-corrected chi connectivity index (χ0v) is 20.1. The lowest BCUT2D eigenvalue weighted by Crippen LogP contribution is -2.58. The Morgan fingerprint density at radius 3 is 2.69 bits per heavy atom. The van der Waals surface area contributed by atoms with Crippen LogP contribution in [0, 0.1) is 11.3 Å². The summed E-state index contributed by atoms with van der Waals surface area (Å²) >= 11 is 1.70. The van der Waals surface area contributed by atoms with E-state index in [2.05, 4.69) is 43.5 Å². The molecule has 0 aromatic heterocycles. The van der Waals surface area contributed by atoms with Crippen molar-refractivity contribution in [2.45, 2.75) is 76.5 Å². The topological polar surface area (TPSA) is 105 Å². The van der Waals surface area contributed by atoms with Gasteiger partial charge >= 0.3 is 0 Å². The molecule has 1 aromatic rings. The lowest BCUT2D eigenvalue weighted by molar-refractivity contribution is -0.144. The molecule has 1 aromatic carbocycles. The number of rotatable bonds is 4. The highest BCUT2D eigenvalue weighted by molar-refractivity contribution is 7.99. The van der Waals surface area contributed by atoms with Gasteiger partial charge in [0.05, 0.1) is 17.5 Å². The molecule has 0 radical (unpaired) electrons. The number of amides is 3. The largest absolute Gasteiger partial charge is 0.347 e. The maximum absolute atomic E-state index is 13.7. The van der Waals surface area contributed by atoms with Crippen LogP contribution in [0.1, 0.15) is 57.7 Å². The van der Waals surface area contributed by atoms with Crippen LogP contribution < -0.4 is 16.4 Å². The smallest absolute Gasteiger partial charge is 0.246 e. The van der Waals surface area contributed by atoms with E-state index in [0.29, 0.717) is 12.3 Å². The summed E-state index contributed by atoms with van der Waals surface area (Å²) in [6.07, 6.45) is 2.21. The van der Waals surface area contributed by atoms with Crippen LogP contribution >= 0.6 is 11.8 Å². The van der Waals surface area contributed by atoms with Crippen LogP contribution in [0.2, 0.25) is 0 Å². The third-order valence-electron chi connectivity index (χ3n) is 7.08. The highest BCUT2D eigenvalue weighted by Crippen LogP contribution is 2.47. The van der Waals surface area contributed by atoms with Gasteiger partial charge in [0.2, 0.25) is 17.7 Å². The van der Waals surface area contributed by atoms with Crippen molar-refractivity contribution in [2.24, 2.45) is 17.1 Å². The van der Waals surface area contributed by atoms with Crippen molar-refractivity contribution in [1.82, 2.24) is 15.5 Å². The van der Waals surface area contributed by atoms with Gasteiger partial charge in [-0.3, -0.25) is 14.4 Å². The number of hydrogen-bond acceptors (Lipinski definition) is 5. The Hall–Kier alpha value is -2.06. The van der Waals surface area contributed by atoms with Crippen molar-refractivity contribution >= 4 is 29.5 Å². The first-order chi connectivity index (χ1) is 15.1. The summed E-state index contributed by atoms with van der Waals surface area (Å²) in [5, 5.41) is 6.01. The van der Waals surface area contributed by atoms with Crippen LogP contribution in [0.25, 0.3) is 0 Å². The number of nitrogens with one attached hydrogen (secondary N) is 2. The third kappa shape index (κ3) is 4.15. The fourth-order valence-electron chi connectivity index (χ4n) is 5.40. The molecule has 3 amide bonds. The van der Waals surface area contributed by atoms with E-state index in [1.807, 2.05) is 12.1 Å².